The van der Waals surface area contributed by atoms with Gasteiger partial charge in [0.1, 0.15) is 0 Å². The molecule has 4 nitrogen and oxygen atoms in total. The molecule has 0 unspecified atom stereocenters. The highest BCUT2D eigenvalue weighted by molar-refractivity contribution is 7.54. The average molecular weight is 225 g/mol. The van der Waals surface area contributed by atoms with Gasteiger partial charge in [-0.25, -0.2) is 0 Å². The summed E-state index contributed by atoms with van der Waals surface area (Å²) in [4.78, 5) is 29.2. The van der Waals surface area contributed by atoms with Crippen LogP contribution >= 0.6 is 8.38 Å². The second-order valence-electron chi connectivity index (χ2n) is 3.07. The Kier molecular flexibility index (Phi) is 3.97. The molecular weight excluding hydrogens is 213 g/mol. The molecule has 0 aliphatic carbocycles. The standard InChI is InChI=1S/C10H12NO3P/c1-7(2)10(12)11-8-4-3-5-9(6-8)15(13)14/h3-6,13-14H,1H2,2H3,(H,11,12). The van der Waals surface area contributed by atoms with Gasteiger partial charge in [0.25, 0.3) is 5.91 Å². The normalized spacial score (nSPS) is 10.1. The van der Waals surface area contributed by atoms with Crippen LogP contribution in [0.4, 0.5) is 5.69 Å². The first kappa shape index (κ1) is 11.9. The molecule has 0 spiro atoms. The summed E-state index contributed by atoms with van der Waals surface area (Å²) >= 11 is 0. The van der Waals surface area contributed by atoms with Crippen molar-refractivity contribution in [3.05, 3.63) is 36.4 Å². The highest BCUT2D eigenvalue weighted by Crippen LogP contribution is 2.23. The van der Waals surface area contributed by atoms with E-state index >= 15 is 0 Å². The van der Waals surface area contributed by atoms with E-state index < -0.39 is 8.38 Å². The first-order valence-electron chi connectivity index (χ1n) is 4.25. The number of benzene rings is 1. The summed E-state index contributed by atoms with van der Waals surface area (Å²) in [5, 5.41) is 2.98. The van der Waals surface area contributed by atoms with E-state index in [-0.39, 0.29) is 5.91 Å². The maximum Gasteiger partial charge on any atom is 0.250 e. The number of carbonyl (C=O) groups is 1. The van der Waals surface area contributed by atoms with E-state index in [9.17, 15) is 4.79 Å². The molecule has 0 atom stereocenters. The Morgan fingerprint density at radius 3 is 2.67 bits per heavy atom. The first-order chi connectivity index (χ1) is 7.00. The van der Waals surface area contributed by atoms with Crippen LogP contribution in [0.5, 0.6) is 0 Å². The fraction of sp³-hybridized carbons (Fsp3) is 0.100. The second-order valence-corrected chi connectivity index (χ2v) is 4.17. The molecule has 5 heteroatoms. The van der Waals surface area contributed by atoms with Crippen molar-refractivity contribution < 1.29 is 14.6 Å². The van der Waals surface area contributed by atoms with Crippen LogP contribution in [0.1, 0.15) is 6.92 Å². The smallest absolute Gasteiger partial charge is 0.250 e. The van der Waals surface area contributed by atoms with Crippen LogP contribution < -0.4 is 10.6 Å². The number of carbonyl (C=O) groups excluding carboxylic acids is 1. The molecule has 80 valence electrons. The maximum absolute atomic E-state index is 11.3. The van der Waals surface area contributed by atoms with Gasteiger partial charge in [-0.05, 0) is 25.1 Å². The lowest BCUT2D eigenvalue weighted by molar-refractivity contribution is -0.112. The number of anilines is 1. The molecule has 3 N–H and O–H groups in total. The lowest BCUT2D eigenvalue weighted by atomic mass is 10.3. The Labute approximate surface area is 89.2 Å². The predicted octanol–water partition coefficient (Wildman–Crippen LogP) is 1.12. The summed E-state index contributed by atoms with van der Waals surface area (Å²) in [6.07, 6.45) is 0. The molecule has 1 aromatic rings. The van der Waals surface area contributed by atoms with E-state index in [0.29, 0.717) is 16.6 Å². The molecule has 0 saturated heterocycles. The van der Waals surface area contributed by atoms with Crippen molar-refractivity contribution in [3.63, 3.8) is 0 Å². The van der Waals surface area contributed by atoms with Crippen LogP contribution in [0.2, 0.25) is 0 Å². The van der Waals surface area contributed by atoms with Crippen molar-refractivity contribution in [2.75, 3.05) is 5.32 Å². The number of amides is 1. The molecule has 1 amide bonds. The van der Waals surface area contributed by atoms with Crippen LogP contribution in [-0.2, 0) is 4.79 Å². The molecule has 0 aliphatic rings. The van der Waals surface area contributed by atoms with Crippen molar-refractivity contribution in [1.82, 2.24) is 0 Å². The fourth-order valence-electron chi connectivity index (χ4n) is 0.946. The molecule has 0 heterocycles. The van der Waals surface area contributed by atoms with Crippen LogP contribution in [0, 0.1) is 0 Å². The second kappa shape index (κ2) is 5.03. The Morgan fingerprint density at radius 2 is 2.13 bits per heavy atom. The van der Waals surface area contributed by atoms with E-state index in [1.54, 1.807) is 25.1 Å². The SMILES string of the molecule is C=C(C)C(=O)Nc1cccc(P(O)O)c1. The van der Waals surface area contributed by atoms with Crippen molar-refractivity contribution >= 4 is 25.3 Å². The van der Waals surface area contributed by atoms with Crippen molar-refractivity contribution in [3.8, 4) is 0 Å². The van der Waals surface area contributed by atoms with E-state index in [1.165, 1.54) is 6.07 Å². The summed E-state index contributed by atoms with van der Waals surface area (Å²) in [6, 6.07) is 6.42. The summed E-state index contributed by atoms with van der Waals surface area (Å²) in [5.41, 5.74) is 0.923. The number of hydrogen-bond acceptors (Lipinski definition) is 3. The summed E-state index contributed by atoms with van der Waals surface area (Å²) in [7, 11) is -2.13. The zero-order valence-corrected chi connectivity index (χ0v) is 9.16. The molecule has 1 rings (SSSR count). The Morgan fingerprint density at radius 1 is 1.47 bits per heavy atom. The highest BCUT2D eigenvalue weighted by Gasteiger charge is 2.06. The third kappa shape index (κ3) is 3.44. The molecule has 0 aliphatic heterocycles. The Hall–Kier alpha value is -1.22. The molecule has 15 heavy (non-hydrogen) atoms. The topological polar surface area (TPSA) is 69.6 Å². The average Bonchev–Trinajstić information content (AvgIpc) is 2.18. The van der Waals surface area contributed by atoms with Gasteiger partial charge in [0.05, 0.1) is 0 Å². The molecule has 0 bridgehead atoms. The minimum Gasteiger partial charge on any atom is -0.347 e. The Bertz CT molecular complexity index is 390. The van der Waals surface area contributed by atoms with Gasteiger partial charge < -0.3 is 15.1 Å². The van der Waals surface area contributed by atoms with Crippen molar-refractivity contribution in [2.45, 2.75) is 6.92 Å². The number of nitrogens with one attached hydrogen (secondary N) is 1. The van der Waals surface area contributed by atoms with Crippen LogP contribution in [0.25, 0.3) is 0 Å². The van der Waals surface area contributed by atoms with Crippen LogP contribution in [0.3, 0.4) is 0 Å². The molecule has 0 fully saturated rings. The van der Waals surface area contributed by atoms with E-state index in [0.717, 1.165) is 0 Å². The van der Waals surface area contributed by atoms with Gasteiger partial charge in [0.15, 0.2) is 8.38 Å². The van der Waals surface area contributed by atoms with Gasteiger partial charge in [-0.15, -0.1) is 0 Å². The molecule has 0 aromatic heterocycles. The van der Waals surface area contributed by atoms with Crippen LogP contribution in [-0.4, -0.2) is 15.7 Å². The number of hydrogen-bond donors (Lipinski definition) is 3. The fourth-order valence-corrected chi connectivity index (χ4v) is 1.42. The number of rotatable bonds is 3. The van der Waals surface area contributed by atoms with E-state index in [1.807, 2.05) is 0 Å². The first-order valence-corrected chi connectivity index (χ1v) is 5.50. The highest BCUT2D eigenvalue weighted by atomic mass is 31.2. The quantitative estimate of drug-likeness (QED) is 0.533. The van der Waals surface area contributed by atoms with Crippen molar-refractivity contribution in [2.24, 2.45) is 0 Å². The van der Waals surface area contributed by atoms with Crippen LogP contribution in [0.15, 0.2) is 36.4 Å². The summed E-state index contributed by atoms with van der Waals surface area (Å²) < 4.78 is 0. The van der Waals surface area contributed by atoms with Gasteiger partial charge in [0, 0.05) is 16.6 Å². The minimum absolute atomic E-state index is 0.285. The van der Waals surface area contributed by atoms with Gasteiger partial charge in [-0.3, -0.25) is 4.79 Å². The van der Waals surface area contributed by atoms with Gasteiger partial charge in [-0.1, -0.05) is 12.6 Å². The predicted molar refractivity (Wildman–Crippen MR) is 60.9 cm³/mol. The molecule has 0 saturated carbocycles. The molecule has 1 aromatic carbocycles. The van der Waals surface area contributed by atoms with Gasteiger partial charge in [0.2, 0.25) is 0 Å². The maximum atomic E-state index is 11.3. The van der Waals surface area contributed by atoms with E-state index in [4.69, 9.17) is 9.79 Å². The third-order valence-corrected chi connectivity index (χ3v) is 2.46. The zero-order valence-electron chi connectivity index (χ0n) is 8.27. The van der Waals surface area contributed by atoms with Gasteiger partial charge >= 0.3 is 0 Å². The zero-order chi connectivity index (χ0) is 11.4. The van der Waals surface area contributed by atoms with E-state index in [2.05, 4.69) is 11.9 Å². The molecular formula is C10H12NO3P. The summed E-state index contributed by atoms with van der Waals surface area (Å²) in [6.45, 7) is 5.10. The lowest BCUT2D eigenvalue weighted by Gasteiger charge is -2.07. The molecule has 0 radical (unpaired) electrons. The monoisotopic (exact) mass is 225 g/mol. The Balaban J connectivity index is 2.82. The third-order valence-electron chi connectivity index (χ3n) is 1.72. The minimum atomic E-state index is -2.13. The van der Waals surface area contributed by atoms with Crippen molar-refractivity contribution in [1.29, 1.82) is 0 Å². The largest absolute Gasteiger partial charge is 0.347 e. The summed E-state index contributed by atoms with van der Waals surface area (Å²) in [5.74, 6) is -0.285. The van der Waals surface area contributed by atoms with Gasteiger partial charge in [-0.2, -0.15) is 0 Å². The lowest BCUT2D eigenvalue weighted by Crippen LogP contribution is -2.13.